The Morgan fingerprint density at radius 1 is 1.45 bits per heavy atom. The Morgan fingerprint density at radius 2 is 2.27 bits per heavy atom. The molecule has 0 saturated heterocycles. The zero-order chi connectivity index (χ0) is 15.7. The summed E-state index contributed by atoms with van der Waals surface area (Å²) >= 11 is 1.67. The number of imidazole rings is 2. The van der Waals surface area contributed by atoms with Gasteiger partial charge in [-0.25, -0.2) is 9.97 Å². The molecule has 22 heavy (non-hydrogen) atoms. The molecular formula is C15H19N5OS. The van der Waals surface area contributed by atoms with E-state index in [9.17, 15) is 4.79 Å². The number of aromatic nitrogens is 4. The summed E-state index contributed by atoms with van der Waals surface area (Å²) in [5, 5.41) is 2.93. The van der Waals surface area contributed by atoms with Crippen molar-refractivity contribution >= 4 is 22.2 Å². The number of fused-ring (bicyclic) bond motifs is 1. The first-order valence-corrected chi connectivity index (χ1v) is 8.04. The van der Waals surface area contributed by atoms with Gasteiger partial charge in [-0.15, -0.1) is 11.3 Å². The van der Waals surface area contributed by atoms with E-state index in [2.05, 4.69) is 33.5 Å². The Balaban J connectivity index is 1.58. The molecule has 0 radical (unpaired) electrons. The Kier molecular flexibility index (Phi) is 3.98. The van der Waals surface area contributed by atoms with Gasteiger partial charge in [0.2, 0.25) is 5.91 Å². The third-order valence-electron chi connectivity index (χ3n) is 3.82. The van der Waals surface area contributed by atoms with Gasteiger partial charge in [-0.05, 0) is 20.8 Å². The lowest BCUT2D eigenvalue weighted by atomic mass is 10.2. The Bertz CT molecular complexity index is 786. The molecule has 116 valence electrons. The maximum absolute atomic E-state index is 12.0. The van der Waals surface area contributed by atoms with Gasteiger partial charge in [0.25, 0.3) is 0 Å². The number of hydrogen-bond donors (Lipinski definition) is 1. The van der Waals surface area contributed by atoms with E-state index in [1.165, 1.54) is 10.6 Å². The molecule has 0 aromatic carbocycles. The average molecular weight is 317 g/mol. The minimum Gasteiger partial charge on any atom is -0.350 e. The Labute approximate surface area is 132 Å². The fourth-order valence-corrected chi connectivity index (χ4v) is 3.32. The van der Waals surface area contributed by atoms with E-state index < -0.39 is 0 Å². The molecule has 1 unspecified atom stereocenters. The normalized spacial score (nSPS) is 12.7. The van der Waals surface area contributed by atoms with E-state index in [0.717, 1.165) is 10.7 Å². The fraction of sp³-hybridized carbons (Fsp3) is 0.400. The molecular weight excluding hydrogens is 298 g/mol. The highest BCUT2D eigenvalue weighted by Gasteiger charge is 2.12. The molecule has 0 aliphatic carbocycles. The Morgan fingerprint density at radius 3 is 2.95 bits per heavy atom. The summed E-state index contributed by atoms with van der Waals surface area (Å²) in [4.78, 5) is 22.8. The van der Waals surface area contributed by atoms with Crippen molar-refractivity contribution in [1.82, 2.24) is 24.3 Å². The van der Waals surface area contributed by atoms with Gasteiger partial charge in [-0.1, -0.05) is 0 Å². The number of nitrogens with zero attached hydrogens (tertiary/aromatic N) is 4. The first-order chi connectivity index (χ1) is 10.5. The molecule has 0 bridgehead atoms. The van der Waals surface area contributed by atoms with E-state index in [1.54, 1.807) is 23.9 Å². The number of aryl methyl sites for hydroxylation is 2. The number of carbonyl (C=O) groups is 1. The predicted molar refractivity (Wildman–Crippen MR) is 85.9 cm³/mol. The van der Waals surface area contributed by atoms with Crippen LogP contribution in [0.4, 0.5) is 0 Å². The van der Waals surface area contributed by atoms with Gasteiger partial charge in [0.15, 0.2) is 4.96 Å². The molecule has 0 saturated carbocycles. The molecule has 7 heteroatoms. The molecule has 1 atom stereocenters. The highest BCUT2D eigenvalue weighted by atomic mass is 32.1. The van der Waals surface area contributed by atoms with Crippen molar-refractivity contribution in [3.05, 3.63) is 41.2 Å². The number of carbonyl (C=O) groups excluding carboxylic acids is 1. The number of nitrogens with one attached hydrogen (secondary N) is 1. The first kappa shape index (κ1) is 14.8. The van der Waals surface area contributed by atoms with Crippen LogP contribution in [0.3, 0.4) is 0 Å². The van der Waals surface area contributed by atoms with Crippen LogP contribution in [0.2, 0.25) is 0 Å². The zero-order valence-corrected chi connectivity index (χ0v) is 13.7. The van der Waals surface area contributed by atoms with Crippen LogP contribution in [0.15, 0.2) is 24.9 Å². The van der Waals surface area contributed by atoms with E-state index in [4.69, 9.17) is 0 Å². The van der Waals surface area contributed by atoms with Crippen LogP contribution in [0.1, 0.15) is 35.7 Å². The fourth-order valence-electron chi connectivity index (χ4n) is 2.35. The first-order valence-electron chi connectivity index (χ1n) is 7.22. The highest BCUT2D eigenvalue weighted by Crippen LogP contribution is 2.21. The van der Waals surface area contributed by atoms with Crippen molar-refractivity contribution in [2.24, 2.45) is 0 Å². The highest BCUT2D eigenvalue weighted by molar-refractivity contribution is 7.17. The molecule has 0 spiro atoms. The van der Waals surface area contributed by atoms with Crippen LogP contribution in [-0.4, -0.2) is 24.8 Å². The summed E-state index contributed by atoms with van der Waals surface area (Å²) in [5.74, 6) is 0.0189. The largest absolute Gasteiger partial charge is 0.350 e. The average Bonchev–Trinajstić information content (AvgIpc) is 3.17. The molecule has 1 N–H and O–H groups in total. The molecule has 3 heterocycles. The van der Waals surface area contributed by atoms with Crippen molar-refractivity contribution in [2.75, 3.05) is 0 Å². The van der Waals surface area contributed by atoms with Crippen LogP contribution in [-0.2, 0) is 11.3 Å². The topological polar surface area (TPSA) is 64.2 Å². The van der Waals surface area contributed by atoms with E-state index in [-0.39, 0.29) is 11.9 Å². The van der Waals surface area contributed by atoms with E-state index in [0.29, 0.717) is 13.0 Å². The second kappa shape index (κ2) is 5.92. The molecule has 3 aromatic rings. The van der Waals surface area contributed by atoms with Crippen LogP contribution in [0.25, 0.3) is 4.96 Å². The van der Waals surface area contributed by atoms with Gasteiger partial charge in [0.05, 0.1) is 18.6 Å². The molecule has 6 nitrogen and oxygen atoms in total. The van der Waals surface area contributed by atoms with Gasteiger partial charge < -0.3 is 9.88 Å². The molecule has 3 rings (SSSR count). The van der Waals surface area contributed by atoms with Crippen molar-refractivity contribution < 1.29 is 4.79 Å². The summed E-state index contributed by atoms with van der Waals surface area (Å²) in [5.41, 5.74) is 2.09. The Hall–Kier alpha value is -2.15. The van der Waals surface area contributed by atoms with Crippen LogP contribution < -0.4 is 5.32 Å². The zero-order valence-electron chi connectivity index (χ0n) is 12.9. The quantitative estimate of drug-likeness (QED) is 0.786. The van der Waals surface area contributed by atoms with Crippen LogP contribution >= 0.6 is 11.3 Å². The predicted octanol–water partition coefficient (Wildman–Crippen LogP) is 2.48. The molecule has 1 amide bonds. The monoisotopic (exact) mass is 317 g/mol. The standard InChI is InChI=1S/C15H19N5OS/c1-10(19-5-4-16-9-19)6-14(21)17-7-13-8-20-11(2)12(3)22-15(20)18-13/h4-5,8-10H,6-7H2,1-3H3,(H,17,21). The van der Waals surface area contributed by atoms with Crippen molar-refractivity contribution in [3.8, 4) is 0 Å². The van der Waals surface area contributed by atoms with Crippen molar-refractivity contribution in [3.63, 3.8) is 0 Å². The van der Waals surface area contributed by atoms with Gasteiger partial charge in [-0.2, -0.15) is 0 Å². The second-order valence-electron chi connectivity index (χ2n) is 5.47. The lowest BCUT2D eigenvalue weighted by Gasteiger charge is -2.12. The number of amides is 1. The summed E-state index contributed by atoms with van der Waals surface area (Å²) in [6.07, 6.45) is 7.74. The summed E-state index contributed by atoms with van der Waals surface area (Å²) in [6.45, 7) is 6.63. The summed E-state index contributed by atoms with van der Waals surface area (Å²) < 4.78 is 4.01. The second-order valence-corrected chi connectivity index (χ2v) is 6.65. The maximum Gasteiger partial charge on any atom is 0.222 e. The van der Waals surface area contributed by atoms with Crippen molar-refractivity contribution in [2.45, 2.75) is 39.8 Å². The molecule has 0 fully saturated rings. The van der Waals surface area contributed by atoms with Gasteiger partial charge >= 0.3 is 0 Å². The summed E-state index contributed by atoms with van der Waals surface area (Å²) in [7, 11) is 0. The molecule has 0 aliphatic rings. The maximum atomic E-state index is 12.0. The van der Waals surface area contributed by atoms with Crippen LogP contribution in [0.5, 0.6) is 0 Å². The number of hydrogen-bond acceptors (Lipinski definition) is 4. The van der Waals surface area contributed by atoms with E-state index >= 15 is 0 Å². The third kappa shape index (κ3) is 2.89. The lowest BCUT2D eigenvalue weighted by Crippen LogP contribution is -2.25. The van der Waals surface area contributed by atoms with Gasteiger partial charge in [-0.3, -0.25) is 9.20 Å². The van der Waals surface area contributed by atoms with Gasteiger partial charge in [0, 0.05) is 41.6 Å². The summed E-state index contributed by atoms with van der Waals surface area (Å²) in [6, 6.07) is 0.0953. The van der Waals surface area contributed by atoms with Crippen LogP contribution in [0, 0.1) is 13.8 Å². The minimum atomic E-state index is 0.0189. The minimum absolute atomic E-state index is 0.0189. The molecule has 0 aliphatic heterocycles. The third-order valence-corrected chi connectivity index (χ3v) is 4.89. The van der Waals surface area contributed by atoms with Gasteiger partial charge in [0.1, 0.15) is 0 Å². The number of thiazole rings is 1. The SMILES string of the molecule is Cc1sc2nc(CNC(=O)CC(C)n3ccnc3)cn2c1C. The molecule has 3 aromatic heterocycles. The smallest absolute Gasteiger partial charge is 0.222 e. The van der Waals surface area contributed by atoms with Crippen molar-refractivity contribution in [1.29, 1.82) is 0 Å². The lowest BCUT2D eigenvalue weighted by molar-refractivity contribution is -0.121. The number of rotatable bonds is 5. The van der Waals surface area contributed by atoms with E-state index in [1.807, 2.05) is 23.9 Å².